The minimum absolute atomic E-state index is 0. The maximum Gasteiger partial charge on any atom is 1.00 e. The Morgan fingerprint density at radius 1 is 0.960 bits per heavy atom. The van der Waals surface area contributed by atoms with Crippen LogP contribution in [0.25, 0.3) is 12.2 Å². The molecule has 2 N–H and O–H groups in total. The first-order valence-corrected chi connectivity index (χ1v) is 16.4. The molecular formula is C27H18Li2N2O16S3-2. The van der Waals surface area contributed by atoms with Crippen LogP contribution in [0.4, 0.5) is 5.69 Å². The summed E-state index contributed by atoms with van der Waals surface area (Å²) in [5, 5.41) is 23.4. The number of aromatic carboxylic acids is 1. The average molecular weight is 737 g/mol. The smallest absolute Gasteiger partial charge is 0.744 e. The Morgan fingerprint density at radius 3 is 2.14 bits per heavy atom. The Hall–Kier alpha value is -3.68. The van der Waals surface area contributed by atoms with Gasteiger partial charge in [0.2, 0.25) is 0 Å². The van der Waals surface area contributed by atoms with E-state index in [1.807, 2.05) is 0 Å². The standard InChI is InChI=1S/C21H15NO9S2.C6H7NO7S.2Li/c1-10-6-7-13-16(11-4-2-3-5-12(11)21(23)24)14-8-9-15(22)20(33(28,29)30)18(14)31-17(13)19(10)32(25,26)27;1-3(8)12-7-5(9)2-4(6(7)10)15-14-13-11;;/h2-9H,1,22H2,(H,23,24)(H,25,26,27)(H,28,29,30);4,11H,2H2,1H3;;/q;;2*+1/p-4. The number of nitrogens with zero attached hydrogens (tertiary/aromatic N) is 1. The van der Waals surface area contributed by atoms with Crippen LogP contribution in [0, 0.1) is 0 Å². The Morgan fingerprint density at radius 2 is 1.58 bits per heavy atom. The van der Waals surface area contributed by atoms with Gasteiger partial charge in [0.25, 0.3) is 11.8 Å². The quantitative estimate of drug-likeness (QED) is 0.0334. The van der Waals surface area contributed by atoms with E-state index in [4.69, 9.17) is 10.5 Å². The molecule has 2 aliphatic heterocycles. The molecule has 254 valence electrons. The molecule has 50 heavy (non-hydrogen) atoms. The van der Waals surface area contributed by atoms with Crippen molar-refractivity contribution in [1.29, 1.82) is 0 Å². The summed E-state index contributed by atoms with van der Waals surface area (Å²) in [5.41, 5.74) is 4.81. The topological polar surface area (TPSA) is 295 Å². The summed E-state index contributed by atoms with van der Waals surface area (Å²) >= 11 is 0.389. The molecule has 0 bridgehead atoms. The number of rotatable bonds is 8. The minimum Gasteiger partial charge on any atom is -0.744 e. The van der Waals surface area contributed by atoms with Crippen LogP contribution in [-0.2, 0) is 48.8 Å². The first-order valence-electron chi connectivity index (χ1n) is 12.7. The first-order chi connectivity index (χ1) is 22.4. The van der Waals surface area contributed by atoms with Crippen LogP contribution in [0.15, 0.2) is 58.3 Å². The predicted molar refractivity (Wildman–Crippen MR) is 152 cm³/mol. The largest absolute Gasteiger partial charge is 1.00 e. The molecule has 0 aromatic heterocycles. The number of carboxylic acids is 1. The predicted octanol–water partition coefficient (Wildman–Crippen LogP) is -8.32. The fourth-order valence-electron chi connectivity index (χ4n) is 4.67. The maximum absolute atomic E-state index is 12.0. The number of hydrogen-bond donors (Lipinski definition) is 1. The number of fused-ring (bicyclic) bond motifs is 2. The second-order valence-electron chi connectivity index (χ2n) is 9.54. The number of ether oxygens (including phenoxy) is 1. The van der Waals surface area contributed by atoms with Crippen LogP contribution in [0.5, 0.6) is 11.5 Å². The second kappa shape index (κ2) is 16.6. The van der Waals surface area contributed by atoms with Crippen LogP contribution >= 0.6 is 12.0 Å². The number of anilines is 1. The van der Waals surface area contributed by atoms with Crippen molar-refractivity contribution in [2.75, 3.05) is 5.73 Å². The van der Waals surface area contributed by atoms with Crippen LogP contribution < -0.4 is 69.0 Å². The molecular weight excluding hydrogens is 718 g/mol. The summed E-state index contributed by atoms with van der Waals surface area (Å²) in [4.78, 5) is 47.2. The van der Waals surface area contributed by atoms with E-state index in [-0.39, 0.29) is 76.8 Å². The number of benzene rings is 3. The molecule has 2 aliphatic rings. The summed E-state index contributed by atoms with van der Waals surface area (Å²) in [7, 11) is -10.5. The summed E-state index contributed by atoms with van der Waals surface area (Å²) < 4.78 is 81.4. The van der Waals surface area contributed by atoms with E-state index in [0.717, 1.165) is 13.0 Å². The zero-order chi connectivity index (χ0) is 35.7. The monoisotopic (exact) mass is 736 g/mol. The van der Waals surface area contributed by atoms with Crippen molar-refractivity contribution in [2.24, 2.45) is 0 Å². The van der Waals surface area contributed by atoms with E-state index in [1.165, 1.54) is 42.5 Å². The summed E-state index contributed by atoms with van der Waals surface area (Å²) in [5.74, 6) is -5.06. The van der Waals surface area contributed by atoms with Gasteiger partial charge in [-0.25, -0.2) is 21.6 Å². The van der Waals surface area contributed by atoms with Gasteiger partial charge in [-0.2, -0.15) is 4.33 Å². The fourth-order valence-corrected chi connectivity index (χ4v) is 6.69. The van der Waals surface area contributed by atoms with Gasteiger partial charge in [-0.15, -0.1) is 5.06 Å². The number of imide groups is 1. The van der Waals surface area contributed by atoms with Gasteiger partial charge < -0.3 is 39.6 Å². The van der Waals surface area contributed by atoms with Crippen molar-refractivity contribution in [2.45, 2.75) is 28.4 Å². The maximum atomic E-state index is 12.0. The number of hydroxylamine groups is 2. The van der Waals surface area contributed by atoms with Crippen molar-refractivity contribution in [3.63, 3.8) is 0 Å². The number of carboxylic acid groups (broad SMARTS) is 1. The number of carbonyl (C=O) groups is 4. The van der Waals surface area contributed by atoms with Crippen molar-refractivity contribution in [3.8, 4) is 11.5 Å². The number of carbonyl (C=O) groups excluding carboxylic acids is 4. The Kier molecular flexibility index (Phi) is 14.1. The van der Waals surface area contributed by atoms with Crippen molar-refractivity contribution < 1.29 is 112 Å². The Labute approximate surface area is 310 Å². The molecule has 0 saturated carbocycles. The normalized spacial score (nSPS) is 14.9. The third-order valence-electron chi connectivity index (χ3n) is 6.46. The van der Waals surface area contributed by atoms with Crippen molar-refractivity contribution in [3.05, 3.63) is 75.7 Å². The molecule has 1 unspecified atom stereocenters. The van der Waals surface area contributed by atoms with E-state index < -0.39 is 76.2 Å². The molecule has 5 rings (SSSR count). The zero-order valence-electron chi connectivity index (χ0n) is 25.9. The molecule has 2 amide bonds. The molecule has 18 nitrogen and oxygen atoms in total. The summed E-state index contributed by atoms with van der Waals surface area (Å²) in [6, 6.07) is 10.4. The van der Waals surface area contributed by atoms with Gasteiger partial charge in [0, 0.05) is 40.9 Å². The van der Waals surface area contributed by atoms with Crippen molar-refractivity contribution in [1.82, 2.24) is 5.06 Å². The number of amides is 2. The Bertz CT molecular complexity index is 2220. The fraction of sp³-hybridized carbons (Fsp3) is 0.111. The Balaban J connectivity index is 0.000000433. The van der Waals surface area contributed by atoms with Gasteiger partial charge >= 0.3 is 43.7 Å². The van der Waals surface area contributed by atoms with Gasteiger partial charge in [-0.05, 0) is 29.0 Å². The minimum atomic E-state index is -5.25. The molecule has 3 aromatic carbocycles. The number of hydrogen-bond acceptors (Lipinski definition) is 18. The van der Waals surface area contributed by atoms with Gasteiger partial charge in [0.05, 0.1) is 18.1 Å². The SMILES string of the molecule is C=c1ccc2c(c1S(=O)(=O)[O-])Oc1c(ccc(N)c1S(=O)(=O)[O-])C=2c1ccccc1C(=O)[O-].CC(=O)ON1C(=O)CC(SOO[O-])C1=O.[Li+].[Li+]. The van der Waals surface area contributed by atoms with Gasteiger partial charge in [0.15, 0.2) is 11.5 Å². The molecule has 3 aromatic rings. The van der Waals surface area contributed by atoms with Crippen LogP contribution in [-0.4, -0.2) is 60.0 Å². The summed E-state index contributed by atoms with van der Waals surface area (Å²) in [6.07, 6.45) is -0.222. The molecule has 1 fully saturated rings. The molecule has 0 aliphatic carbocycles. The third kappa shape index (κ3) is 8.78. The second-order valence-corrected chi connectivity index (χ2v) is 13.1. The van der Waals surface area contributed by atoms with E-state index >= 15 is 0 Å². The molecule has 0 radical (unpaired) electrons. The average Bonchev–Trinajstić information content (AvgIpc) is 3.24. The first kappa shape index (κ1) is 42.5. The number of nitrogens with two attached hydrogens (primary N) is 1. The van der Waals surface area contributed by atoms with E-state index in [1.54, 1.807) is 0 Å². The van der Waals surface area contributed by atoms with Crippen LogP contribution in [0.2, 0.25) is 0 Å². The van der Waals surface area contributed by atoms with Gasteiger partial charge in [-0.1, -0.05) is 36.9 Å². The van der Waals surface area contributed by atoms with E-state index in [0.29, 0.717) is 17.1 Å². The van der Waals surface area contributed by atoms with Crippen LogP contribution in [0.3, 0.4) is 0 Å². The summed E-state index contributed by atoms with van der Waals surface area (Å²) in [6.45, 7) is 4.56. The molecule has 1 atom stereocenters. The van der Waals surface area contributed by atoms with Crippen molar-refractivity contribution >= 4 is 73.9 Å². The van der Waals surface area contributed by atoms with E-state index in [9.17, 15) is 55.5 Å². The molecule has 23 heteroatoms. The molecule has 2 heterocycles. The van der Waals surface area contributed by atoms with Gasteiger partial charge in [-0.3, -0.25) is 14.6 Å². The third-order valence-corrected chi connectivity index (χ3v) is 9.06. The van der Waals surface area contributed by atoms with Crippen LogP contribution in [0.1, 0.15) is 34.8 Å². The molecule has 0 spiro atoms. The molecule has 1 saturated heterocycles. The number of nitrogen functional groups attached to an aromatic ring is 1. The van der Waals surface area contributed by atoms with Gasteiger partial charge in [0.1, 0.15) is 35.3 Å². The van der Waals surface area contributed by atoms with E-state index in [2.05, 4.69) is 20.8 Å². The zero-order valence-corrected chi connectivity index (χ0v) is 28.3.